The fourth-order valence-electron chi connectivity index (χ4n) is 6.12. The lowest BCUT2D eigenvalue weighted by Gasteiger charge is -2.18. The van der Waals surface area contributed by atoms with Gasteiger partial charge in [0.1, 0.15) is 26.2 Å². The molecule has 300 valence electrons. The predicted molar refractivity (Wildman–Crippen MR) is 217 cm³/mol. The number of allylic oxidation sites excluding steroid dienone is 2. The van der Waals surface area contributed by atoms with Crippen LogP contribution in [0.3, 0.4) is 0 Å². The second-order valence-electron chi connectivity index (χ2n) is 12.7. The van der Waals surface area contributed by atoms with Crippen molar-refractivity contribution in [3.63, 3.8) is 0 Å². The summed E-state index contributed by atoms with van der Waals surface area (Å²) < 4.78 is 103. The van der Waals surface area contributed by atoms with Gasteiger partial charge in [-0.25, -0.2) is 0 Å². The van der Waals surface area contributed by atoms with Gasteiger partial charge < -0.3 is 15.5 Å². The summed E-state index contributed by atoms with van der Waals surface area (Å²) in [6.45, 7) is 0. The molecule has 0 amide bonds. The summed E-state index contributed by atoms with van der Waals surface area (Å²) in [5.41, 5.74) is 4.20. The first-order chi connectivity index (χ1) is 27.8. The van der Waals surface area contributed by atoms with E-state index in [1.165, 1.54) is 54.6 Å². The molecule has 8 N–H and O–H groups in total. The number of aromatic hydroxyl groups is 2. The van der Waals surface area contributed by atoms with Crippen LogP contribution in [0.5, 0.6) is 11.5 Å². The quantitative estimate of drug-likeness (QED) is 0.0486. The number of Topliss-reactive ketones (excluding diaryl/α,β-unsaturated/α-hetero) is 2. The van der Waals surface area contributed by atoms with Gasteiger partial charge in [-0.05, 0) is 95.1 Å². The number of para-hydroxylation sites is 1. The van der Waals surface area contributed by atoms with Crippen molar-refractivity contribution in [1.82, 2.24) is 0 Å². The predicted octanol–water partition coefficient (Wildman–Crippen LogP) is 5.54. The highest BCUT2D eigenvalue weighted by molar-refractivity contribution is 7.91. The van der Waals surface area contributed by atoms with Crippen LogP contribution in [0.4, 0.5) is 22.7 Å². The Balaban J connectivity index is 1.12. The van der Waals surface area contributed by atoms with E-state index in [4.69, 9.17) is 0 Å². The Bertz CT molecular complexity index is 3110. The van der Waals surface area contributed by atoms with Crippen molar-refractivity contribution in [2.75, 3.05) is 16.2 Å². The van der Waals surface area contributed by atoms with Gasteiger partial charge in [-0.3, -0.25) is 34.1 Å². The Hall–Kier alpha value is -7.01. The maximum atomic E-state index is 13.5. The third-order valence-electron chi connectivity index (χ3n) is 8.85. The van der Waals surface area contributed by atoms with Crippen LogP contribution in [0, 0.1) is 0 Å². The van der Waals surface area contributed by atoms with Crippen LogP contribution < -0.4 is 16.2 Å². The molecule has 21 heteroatoms. The molecule has 0 spiro atoms. The van der Waals surface area contributed by atoms with Crippen LogP contribution >= 0.6 is 0 Å². The monoisotopic (exact) mass is 857 g/mol. The Morgan fingerprint density at radius 1 is 0.508 bits per heavy atom. The van der Waals surface area contributed by atoms with E-state index in [1.54, 1.807) is 6.07 Å². The number of hydrazone groups is 2. The van der Waals surface area contributed by atoms with Gasteiger partial charge in [-0.2, -0.15) is 35.5 Å². The van der Waals surface area contributed by atoms with Crippen LogP contribution in [0.15, 0.2) is 128 Å². The molecule has 5 aromatic rings. The number of carbonyl (C=O) groups excluding carboxylic acids is 2. The van der Waals surface area contributed by atoms with Crippen molar-refractivity contribution in [1.29, 1.82) is 0 Å². The van der Waals surface area contributed by atoms with Gasteiger partial charge in [0.15, 0.2) is 11.4 Å². The van der Waals surface area contributed by atoms with Gasteiger partial charge in [0.2, 0.25) is 11.6 Å². The molecule has 0 heterocycles. The Morgan fingerprint density at radius 2 is 1.05 bits per heavy atom. The number of hydrogen-bond acceptors (Lipinski definition) is 15. The van der Waals surface area contributed by atoms with Crippen molar-refractivity contribution in [2.24, 2.45) is 10.2 Å². The normalized spacial score (nSPS) is 15.6. The van der Waals surface area contributed by atoms with E-state index in [0.717, 1.165) is 30.0 Å². The number of ketones is 2. The van der Waals surface area contributed by atoms with Gasteiger partial charge >= 0.3 is 0 Å². The highest BCUT2D eigenvalue weighted by atomic mass is 32.2. The summed E-state index contributed by atoms with van der Waals surface area (Å²) in [7, 11) is -15.0. The molecule has 0 radical (unpaired) electrons. The third-order valence-corrected chi connectivity index (χ3v) is 11.5. The van der Waals surface area contributed by atoms with Crippen molar-refractivity contribution >= 4 is 88.2 Å². The average molecular weight is 858 g/mol. The van der Waals surface area contributed by atoms with Gasteiger partial charge in [-0.15, -0.1) is 0 Å². The summed E-state index contributed by atoms with van der Waals surface area (Å²) in [5.74, 6) is -3.06. The molecule has 0 bridgehead atoms. The molecule has 2 aliphatic carbocycles. The van der Waals surface area contributed by atoms with E-state index >= 15 is 0 Å². The second kappa shape index (κ2) is 15.1. The fraction of sp³-hybridized carbons (Fsp3) is 0. The van der Waals surface area contributed by atoms with Crippen LogP contribution in [0.25, 0.3) is 23.3 Å². The molecule has 0 aromatic heterocycles. The number of hydrogen-bond donors (Lipinski definition) is 8. The molecule has 2 aliphatic rings. The van der Waals surface area contributed by atoms with E-state index in [2.05, 4.69) is 26.4 Å². The lowest BCUT2D eigenvalue weighted by molar-refractivity contribution is 0.105. The number of rotatable bonds is 10. The van der Waals surface area contributed by atoms with Gasteiger partial charge in [-0.1, -0.05) is 42.5 Å². The van der Waals surface area contributed by atoms with Crippen molar-refractivity contribution in [3.8, 4) is 22.6 Å². The first-order valence-electron chi connectivity index (χ1n) is 16.7. The minimum atomic E-state index is -5.11. The lowest BCUT2D eigenvalue weighted by Crippen LogP contribution is -2.28. The Kier molecular flexibility index (Phi) is 10.3. The SMILES string of the molecule is O=C1C(=NNc2ccc(-c3ccc(NN=C4C(=O)c5c(cccc5S(=O)(=O)O)C=C4S(=O)(=O)O)c(O)c3)cc2O)C(S(=O)(=O)O)=Cc2cc(Nc3ccccc3)ccc21. The van der Waals surface area contributed by atoms with Crippen LogP contribution in [-0.2, 0) is 30.4 Å². The minimum Gasteiger partial charge on any atom is -0.506 e. The number of nitrogens with zero attached hydrogens (tertiary/aromatic N) is 2. The first-order valence-corrected chi connectivity index (χ1v) is 21.0. The maximum absolute atomic E-state index is 13.5. The van der Waals surface area contributed by atoms with Gasteiger partial charge in [0.05, 0.1) is 16.9 Å². The summed E-state index contributed by atoms with van der Waals surface area (Å²) in [5, 5.41) is 32.4. The van der Waals surface area contributed by atoms with E-state index < -0.39 is 85.1 Å². The molecule has 0 saturated carbocycles. The molecule has 0 aliphatic heterocycles. The van der Waals surface area contributed by atoms with Crippen LogP contribution in [0.1, 0.15) is 31.8 Å². The molecule has 7 rings (SSSR count). The van der Waals surface area contributed by atoms with Gasteiger partial charge in [0.25, 0.3) is 30.4 Å². The number of carbonyl (C=O) groups is 2. The number of fused-ring (bicyclic) bond motifs is 2. The first kappa shape index (κ1) is 40.2. The molecule has 59 heavy (non-hydrogen) atoms. The summed E-state index contributed by atoms with van der Waals surface area (Å²) in [4.78, 5) is 24.2. The lowest BCUT2D eigenvalue weighted by atomic mass is 9.94. The Labute approximate surface area is 334 Å². The second-order valence-corrected chi connectivity index (χ2v) is 16.9. The topological polar surface area (TPSA) is 299 Å². The largest absolute Gasteiger partial charge is 0.506 e. The molecule has 0 saturated heterocycles. The molecule has 0 atom stereocenters. The number of phenols is 2. The summed E-state index contributed by atoms with van der Waals surface area (Å²) in [6, 6.07) is 24.8. The van der Waals surface area contributed by atoms with Crippen molar-refractivity contribution < 1.29 is 58.7 Å². The minimum absolute atomic E-state index is 0.0890. The molecule has 18 nitrogen and oxygen atoms in total. The molecular weight excluding hydrogens is 831 g/mol. The maximum Gasteiger partial charge on any atom is 0.296 e. The van der Waals surface area contributed by atoms with Crippen molar-refractivity contribution in [3.05, 3.63) is 135 Å². The summed E-state index contributed by atoms with van der Waals surface area (Å²) in [6.07, 6.45) is 1.89. The number of benzene rings is 5. The van der Waals surface area contributed by atoms with E-state index in [-0.39, 0.29) is 28.1 Å². The van der Waals surface area contributed by atoms with Gasteiger partial charge in [0, 0.05) is 16.9 Å². The fourth-order valence-corrected chi connectivity index (χ4v) is 8.16. The van der Waals surface area contributed by atoms with Crippen LogP contribution in [-0.4, -0.2) is 72.1 Å². The number of phenolic OH excluding ortho intramolecular Hbond substituents is 2. The number of anilines is 4. The highest BCUT2D eigenvalue weighted by Crippen LogP contribution is 2.36. The highest BCUT2D eigenvalue weighted by Gasteiger charge is 2.37. The van der Waals surface area contributed by atoms with E-state index in [1.807, 2.05) is 30.3 Å². The smallest absolute Gasteiger partial charge is 0.296 e. The summed E-state index contributed by atoms with van der Waals surface area (Å²) >= 11 is 0. The molecular formula is C38H27N5O13S3. The third kappa shape index (κ3) is 8.22. The zero-order valence-corrected chi connectivity index (χ0v) is 32.0. The van der Waals surface area contributed by atoms with Crippen molar-refractivity contribution in [2.45, 2.75) is 4.90 Å². The number of nitrogens with one attached hydrogen (secondary N) is 3. The van der Waals surface area contributed by atoms with E-state index in [0.29, 0.717) is 16.8 Å². The average Bonchev–Trinajstić information content (AvgIpc) is 3.17. The standard InChI is InChI=1S/C38H27N5O13S3/c44-29-16-20(9-13-27(29)40-42-35-33(59(54,55)56)19-23-15-25(11-12-26(23)37(35)46)39-24-6-2-1-3-7-24)21-10-14-28(30(45)17-21)41-43-36-32(58(51,52)53)18-22-5-4-8-31(57(48,49)50)34(22)38(36)47/h1-19,39-41,44-45H,(H,48,49,50)(H,51,52,53)(H,54,55,56). The zero-order chi connectivity index (χ0) is 42.4. The molecule has 0 unspecified atom stereocenters. The molecule has 5 aromatic carbocycles. The zero-order valence-electron chi connectivity index (χ0n) is 29.6. The Morgan fingerprint density at radius 3 is 1.58 bits per heavy atom. The van der Waals surface area contributed by atoms with E-state index in [9.17, 15) is 58.7 Å². The molecule has 0 fully saturated rings. The van der Waals surface area contributed by atoms with Crippen LogP contribution in [0.2, 0.25) is 0 Å².